The molecule has 0 amide bonds. The van der Waals surface area contributed by atoms with E-state index in [1.165, 1.54) is 12.4 Å². The zero-order valence-corrected chi connectivity index (χ0v) is 18.8. The molecule has 7 heterocycles. The van der Waals surface area contributed by atoms with Gasteiger partial charge in [0.25, 0.3) is 6.43 Å². The molecule has 2 atom stereocenters. The fourth-order valence-electron chi connectivity index (χ4n) is 4.43. The number of alkyl halides is 2. The standard InChI is InChI=1S/C21H19F2N7O2.C2H6.H2/c22-20(23)19-15-5-24-17(26-10-31)4-14(15)16(6-25-19)21-27-18-2-1-11(7-30(18)28-21)29-8-12-3-13(9-29)32-12;1-2;/h1-2,4-7,12-13,20,31H,3,8-10H2,(H,24,26);1-2H3;1H. The molecule has 0 spiro atoms. The van der Waals surface area contributed by atoms with Crippen molar-refractivity contribution in [2.24, 2.45) is 0 Å². The maximum absolute atomic E-state index is 13.5. The molecule has 4 aromatic heterocycles. The van der Waals surface area contributed by atoms with Crippen LogP contribution < -0.4 is 10.2 Å². The summed E-state index contributed by atoms with van der Waals surface area (Å²) < 4.78 is 34.4. The number of ether oxygens (including phenoxy) is 1. The van der Waals surface area contributed by atoms with Crippen LogP contribution in [-0.4, -0.2) is 61.7 Å². The highest BCUT2D eigenvalue weighted by Gasteiger charge is 2.38. The number of pyridine rings is 3. The second-order valence-corrected chi connectivity index (χ2v) is 7.95. The van der Waals surface area contributed by atoms with Gasteiger partial charge in [0.15, 0.2) is 11.5 Å². The van der Waals surface area contributed by atoms with E-state index in [-0.39, 0.29) is 31.4 Å². The molecule has 0 radical (unpaired) electrons. The lowest BCUT2D eigenvalue weighted by Gasteiger charge is -2.47. The number of aliphatic hydroxyl groups excluding tert-OH is 1. The van der Waals surface area contributed by atoms with Gasteiger partial charge in [-0.15, -0.1) is 5.10 Å². The number of aromatic nitrogens is 5. The maximum atomic E-state index is 13.5. The Bertz CT molecular complexity index is 1320. The van der Waals surface area contributed by atoms with Crippen LogP contribution in [0.5, 0.6) is 0 Å². The number of piperidine rings is 1. The van der Waals surface area contributed by atoms with Crippen LogP contribution in [0.2, 0.25) is 0 Å². The molecule has 3 aliphatic heterocycles. The summed E-state index contributed by atoms with van der Waals surface area (Å²) in [7, 11) is 0. The molecule has 2 unspecified atom stereocenters. The first kappa shape index (κ1) is 22.4. The van der Waals surface area contributed by atoms with Crippen LogP contribution in [-0.2, 0) is 4.74 Å². The van der Waals surface area contributed by atoms with E-state index in [1.54, 1.807) is 10.6 Å². The van der Waals surface area contributed by atoms with Gasteiger partial charge in [-0.05, 0) is 18.2 Å². The molecule has 0 aliphatic carbocycles. The highest BCUT2D eigenvalue weighted by Crippen LogP contribution is 2.34. The SMILES string of the molecule is CC.OCNc1cc2c(-c3nc4ccc(N5CC6CC(C5)O6)cn4n3)cnc(C(F)F)c2cn1.[HH]. The van der Waals surface area contributed by atoms with E-state index < -0.39 is 6.43 Å². The second kappa shape index (κ2) is 9.07. The van der Waals surface area contributed by atoms with Gasteiger partial charge in [0.1, 0.15) is 18.2 Å². The molecular weight excluding hydrogens is 444 g/mol. The predicted octanol–water partition coefficient (Wildman–Crippen LogP) is 3.89. The lowest BCUT2D eigenvalue weighted by molar-refractivity contribution is -0.133. The normalized spacial score (nSPS) is 19.2. The van der Waals surface area contributed by atoms with E-state index in [0.717, 1.165) is 25.2 Å². The minimum absolute atomic E-state index is 0. The molecule has 7 rings (SSSR count). The lowest BCUT2D eigenvalue weighted by Crippen LogP contribution is -2.57. The third-order valence-corrected chi connectivity index (χ3v) is 5.95. The largest absolute Gasteiger partial charge is 0.377 e. The monoisotopic (exact) mass is 471 g/mol. The summed E-state index contributed by atoms with van der Waals surface area (Å²) in [5.74, 6) is 0.719. The molecule has 9 nitrogen and oxygen atoms in total. The third-order valence-electron chi connectivity index (χ3n) is 5.95. The summed E-state index contributed by atoms with van der Waals surface area (Å²) in [5.41, 5.74) is 1.81. The van der Waals surface area contributed by atoms with Gasteiger partial charge < -0.3 is 20.1 Å². The molecule has 3 fully saturated rings. The number of anilines is 2. The zero-order valence-electron chi connectivity index (χ0n) is 18.8. The average Bonchev–Trinajstić information content (AvgIpc) is 3.27. The summed E-state index contributed by atoms with van der Waals surface area (Å²) in [4.78, 5) is 14.9. The highest BCUT2D eigenvalue weighted by atomic mass is 19.3. The molecule has 2 bridgehead atoms. The molecule has 34 heavy (non-hydrogen) atoms. The van der Waals surface area contributed by atoms with Crippen LogP contribution in [0.3, 0.4) is 0 Å². The Morgan fingerprint density at radius 3 is 2.65 bits per heavy atom. The first-order valence-corrected chi connectivity index (χ1v) is 11.3. The van der Waals surface area contributed by atoms with Crippen LogP contribution in [0.15, 0.2) is 36.8 Å². The average molecular weight is 472 g/mol. The van der Waals surface area contributed by atoms with Gasteiger partial charge in [-0.2, -0.15) is 0 Å². The van der Waals surface area contributed by atoms with E-state index in [2.05, 4.69) is 30.3 Å². The van der Waals surface area contributed by atoms with Gasteiger partial charge in [-0.3, -0.25) is 4.98 Å². The fraction of sp³-hybridized carbons (Fsp3) is 0.391. The molecule has 4 aromatic rings. The first-order chi connectivity index (χ1) is 16.6. The molecule has 11 heteroatoms. The Morgan fingerprint density at radius 2 is 1.94 bits per heavy atom. The molecule has 0 aromatic carbocycles. The summed E-state index contributed by atoms with van der Waals surface area (Å²) in [6.07, 6.45) is 3.54. The van der Waals surface area contributed by atoms with Gasteiger partial charge in [0.2, 0.25) is 0 Å². The Hall–Kier alpha value is -3.44. The minimum Gasteiger partial charge on any atom is -0.377 e. The molecule has 3 aliphatic rings. The topological polar surface area (TPSA) is 101 Å². The Balaban J connectivity index is 0.000000940. The van der Waals surface area contributed by atoms with Crippen molar-refractivity contribution in [1.29, 1.82) is 0 Å². The van der Waals surface area contributed by atoms with Gasteiger partial charge in [0.05, 0.1) is 24.1 Å². The summed E-state index contributed by atoms with van der Waals surface area (Å²) in [6.45, 7) is 5.36. The predicted molar refractivity (Wildman–Crippen MR) is 126 cm³/mol. The summed E-state index contributed by atoms with van der Waals surface area (Å²) >= 11 is 0. The maximum Gasteiger partial charge on any atom is 0.281 e. The lowest BCUT2D eigenvalue weighted by atomic mass is 9.98. The van der Waals surface area contributed by atoms with Crippen LogP contribution in [0.1, 0.15) is 33.8 Å². The molecule has 2 N–H and O–H groups in total. The molecule has 0 saturated carbocycles. The van der Waals surface area contributed by atoms with Gasteiger partial charge in [0, 0.05) is 49.7 Å². The van der Waals surface area contributed by atoms with Crippen LogP contribution in [0.25, 0.3) is 27.8 Å². The molecular formula is C23H27F2N7O2. The molecule has 3 saturated heterocycles. The number of morpholine rings is 1. The third kappa shape index (κ3) is 3.90. The summed E-state index contributed by atoms with van der Waals surface area (Å²) in [6, 6.07) is 5.48. The van der Waals surface area contributed by atoms with Crippen molar-refractivity contribution in [2.75, 3.05) is 30.0 Å². The number of nitrogens with zero attached hydrogens (tertiary/aromatic N) is 6. The van der Waals surface area contributed by atoms with Crippen molar-refractivity contribution < 1.29 is 20.1 Å². The van der Waals surface area contributed by atoms with E-state index in [0.29, 0.717) is 28.2 Å². The van der Waals surface area contributed by atoms with Crippen molar-refractivity contribution in [3.63, 3.8) is 0 Å². The van der Waals surface area contributed by atoms with Crippen LogP contribution >= 0.6 is 0 Å². The van der Waals surface area contributed by atoms with Crippen molar-refractivity contribution in [3.05, 3.63) is 42.5 Å². The van der Waals surface area contributed by atoms with Crippen molar-refractivity contribution in [2.45, 2.75) is 38.9 Å². The van der Waals surface area contributed by atoms with E-state index in [1.807, 2.05) is 32.2 Å². The number of rotatable bonds is 5. The fourth-order valence-corrected chi connectivity index (χ4v) is 4.43. The first-order valence-electron chi connectivity index (χ1n) is 11.3. The number of hydrogen-bond donors (Lipinski definition) is 2. The highest BCUT2D eigenvalue weighted by molar-refractivity contribution is 5.97. The van der Waals surface area contributed by atoms with Crippen LogP contribution in [0, 0.1) is 0 Å². The smallest absolute Gasteiger partial charge is 0.281 e. The minimum atomic E-state index is -2.75. The number of fused-ring (bicyclic) bond motifs is 4. The van der Waals surface area contributed by atoms with Crippen molar-refractivity contribution >= 4 is 27.9 Å². The van der Waals surface area contributed by atoms with E-state index >= 15 is 0 Å². The number of hydrogen-bond acceptors (Lipinski definition) is 8. The van der Waals surface area contributed by atoms with Gasteiger partial charge in [-0.1, -0.05) is 13.8 Å². The van der Waals surface area contributed by atoms with E-state index in [9.17, 15) is 8.78 Å². The number of nitrogens with one attached hydrogen (secondary N) is 1. The number of halogens is 2. The van der Waals surface area contributed by atoms with Gasteiger partial charge >= 0.3 is 0 Å². The quantitative estimate of drug-likeness (QED) is 0.423. The second-order valence-electron chi connectivity index (χ2n) is 7.95. The van der Waals surface area contributed by atoms with Crippen molar-refractivity contribution in [3.8, 4) is 11.4 Å². The Labute approximate surface area is 195 Å². The summed E-state index contributed by atoms with van der Waals surface area (Å²) in [5, 5.41) is 17.1. The van der Waals surface area contributed by atoms with Crippen molar-refractivity contribution in [1.82, 2.24) is 24.6 Å². The van der Waals surface area contributed by atoms with Gasteiger partial charge in [-0.25, -0.2) is 23.3 Å². The Kier molecular flexibility index (Phi) is 5.96. The van der Waals surface area contributed by atoms with Crippen LogP contribution in [0.4, 0.5) is 20.3 Å². The number of aliphatic hydroxyl groups is 1. The Morgan fingerprint density at radius 1 is 1.18 bits per heavy atom. The zero-order chi connectivity index (χ0) is 23.8. The van der Waals surface area contributed by atoms with E-state index in [4.69, 9.17) is 9.84 Å². The molecule has 180 valence electrons.